The minimum absolute atomic E-state index is 0.0800. The van der Waals surface area contributed by atoms with E-state index in [0.717, 1.165) is 15.2 Å². The second-order valence-corrected chi connectivity index (χ2v) is 6.67. The first-order valence-corrected chi connectivity index (χ1v) is 8.65. The fourth-order valence-corrected chi connectivity index (χ4v) is 3.34. The van der Waals surface area contributed by atoms with Gasteiger partial charge < -0.3 is 9.64 Å². The molecule has 0 bridgehead atoms. The number of benzene rings is 2. The fraction of sp³-hybridized carbons (Fsp3) is 0.158. The van der Waals surface area contributed by atoms with E-state index in [9.17, 15) is 13.6 Å². The second-order valence-electron chi connectivity index (χ2n) is 5.55. The summed E-state index contributed by atoms with van der Waals surface area (Å²) in [5.74, 6) is -0.0893. The summed E-state index contributed by atoms with van der Waals surface area (Å²) in [5, 5.41) is 0.865. The summed E-state index contributed by atoms with van der Waals surface area (Å²) in [5.41, 5.74) is 1.64. The van der Waals surface area contributed by atoms with Crippen molar-refractivity contribution in [1.29, 1.82) is 0 Å². The molecule has 3 aromatic rings. The lowest BCUT2D eigenvalue weighted by Crippen LogP contribution is -2.23. The van der Waals surface area contributed by atoms with Crippen LogP contribution in [0.5, 0.6) is 5.75 Å². The van der Waals surface area contributed by atoms with Gasteiger partial charge in [-0.15, -0.1) is 11.3 Å². The number of alkyl halides is 2. The van der Waals surface area contributed by atoms with Crippen LogP contribution in [-0.4, -0.2) is 29.5 Å². The Labute approximate surface area is 153 Å². The van der Waals surface area contributed by atoms with Gasteiger partial charge in [-0.2, -0.15) is 8.78 Å². The summed E-state index contributed by atoms with van der Waals surface area (Å²) in [4.78, 5) is 18.3. The lowest BCUT2D eigenvalue weighted by Gasteiger charge is -2.12. The summed E-state index contributed by atoms with van der Waals surface area (Å²) in [6.45, 7) is -2.43. The van der Waals surface area contributed by atoms with Crippen LogP contribution in [0.2, 0.25) is 0 Å². The molecule has 1 heterocycles. The molecule has 0 radical (unpaired) electrons. The monoisotopic (exact) mass is 374 g/mol. The van der Waals surface area contributed by atoms with Crippen molar-refractivity contribution in [2.45, 2.75) is 13.2 Å². The topological polar surface area (TPSA) is 42.4 Å². The normalized spacial score (nSPS) is 11.4. The van der Waals surface area contributed by atoms with Crippen LogP contribution in [0.25, 0.3) is 16.3 Å². The van der Waals surface area contributed by atoms with Gasteiger partial charge in [0.1, 0.15) is 10.8 Å². The largest absolute Gasteiger partial charge is 0.435 e. The third-order valence-corrected chi connectivity index (χ3v) is 4.63. The van der Waals surface area contributed by atoms with E-state index < -0.39 is 6.61 Å². The predicted octanol–water partition coefficient (Wildman–Crippen LogP) is 4.57. The molecular weight excluding hydrogens is 358 g/mol. The molecule has 0 N–H and O–H groups in total. The first kappa shape index (κ1) is 18.0. The standard InChI is InChI=1S/C19H16F2N2O2S/c1-23(12-17-22-15-4-2-3-5-16(15)26-17)18(24)11-8-13-6-9-14(10-7-13)25-19(20)21/h2-11,19H,12H2,1H3/b11-8+. The van der Waals surface area contributed by atoms with Gasteiger partial charge in [0.2, 0.25) is 5.91 Å². The molecule has 0 aliphatic rings. The Morgan fingerprint density at radius 3 is 2.65 bits per heavy atom. The van der Waals surface area contributed by atoms with E-state index in [2.05, 4.69) is 9.72 Å². The van der Waals surface area contributed by atoms with Gasteiger partial charge in [-0.1, -0.05) is 24.3 Å². The smallest absolute Gasteiger partial charge is 0.387 e. The highest BCUT2D eigenvalue weighted by Crippen LogP contribution is 2.22. The SMILES string of the molecule is CN(Cc1nc2ccccc2s1)C(=O)/C=C/c1ccc(OC(F)F)cc1. The van der Waals surface area contributed by atoms with Crippen LogP contribution in [0.1, 0.15) is 10.6 Å². The number of nitrogens with zero attached hydrogens (tertiary/aromatic N) is 2. The second kappa shape index (κ2) is 8.05. The van der Waals surface area contributed by atoms with E-state index in [1.54, 1.807) is 41.5 Å². The molecule has 2 aromatic carbocycles. The molecule has 0 aliphatic heterocycles. The highest BCUT2D eigenvalue weighted by Gasteiger charge is 2.10. The third kappa shape index (κ3) is 4.64. The quantitative estimate of drug-likeness (QED) is 0.594. The van der Waals surface area contributed by atoms with Crippen LogP contribution in [0.4, 0.5) is 8.78 Å². The Bertz CT molecular complexity index is 890. The van der Waals surface area contributed by atoms with E-state index in [0.29, 0.717) is 12.1 Å². The number of hydrogen-bond donors (Lipinski definition) is 0. The number of ether oxygens (including phenoxy) is 1. The average Bonchev–Trinajstić information content (AvgIpc) is 3.02. The van der Waals surface area contributed by atoms with Crippen LogP contribution in [0.15, 0.2) is 54.6 Å². The molecule has 0 saturated carbocycles. The minimum Gasteiger partial charge on any atom is -0.435 e. The molecule has 7 heteroatoms. The highest BCUT2D eigenvalue weighted by atomic mass is 32.1. The highest BCUT2D eigenvalue weighted by molar-refractivity contribution is 7.18. The van der Waals surface area contributed by atoms with Gasteiger partial charge in [-0.05, 0) is 35.9 Å². The Morgan fingerprint density at radius 1 is 1.23 bits per heavy atom. The summed E-state index contributed by atoms with van der Waals surface area (Å²) >= 11 is 1.56. The molecule has 4 nitrogen and oxygen atoms in total. The number of hydrogen-bond acceptors (Lipinski definition) is 4. The predicted molar refractivity (Wildman–Crippen MR) is 98.2 cm³/mol. The van der Waals surface area contributed by atoms with E-state index in [1.807, 2.05) is 24.3 Å². The van der Waals surface area contributed by atoms with Crippen molar-refractivity contribution in [2.24, 2.45) is 0 Å². The number of aromatic nitrogens is 1. The number of thiazole rings is 1. The van der Waals surface area contributed by atoms with Crippen LogP contribution >= 0.6 is 11.3 Å². The van der Waals surface area contributed by atoms with Gasteiger partial charge >= 0.3 is 6.61 Å². The van der Waals surface area contributed by atoms with Crippen molar-refractivity contribution in [3.05, 3.63) is 65.2 Å². The lowest BCUT2D eigenvalue weighted by molar-refractivity contribution is -0.125. The maximum Gasteiger partial charge on any atom is 0.387 e. The molecule has 1 amide bonds. The van der Waals surface area contributed by atoms with Crippen molar-refractivity contribution in [3.63, 3.8) is 0 Å². The first-order chi connectivity index (χ1) is 12.5. The van der Waals surface area contributed by atoms with Crippen molar-refractivity contribution >= 4 is 33.5 Å². The van der Waals surface area contributed by atoms with Crippen molar-refractivity contribution in [2.75, 3.05) is 7.05 Å². The van der Waals surface area contributed by atoms with Crippen molar-refractivity contribution < 1.29 is 18.3 Å². The molecule has 0 fully saturated rings. The zero-order valence-electron chi connectivity index (χ0n) is 13.9. The molecular formula is C19H16F2N2O2S. The zero-order valence-corrected chi connectivity index (χ0v) is 14.7. The van der Waals surface area contributed by atoms with Crippen molar-refractivity contribution in [1.82, 2.24) is 9.88 Å². The van der Waals surface area contributed by atoms with Gasteiger partial charge in [-0.3, -0.25) is 4.79 Å². The molecule has 0 atom stereocenters. The van der Waals surface area contributed by atoms with Gasteiger partial charge in [0.15, 0.2) is 0 Å². The molecule has 3 rings (SSSR count). The number of fused-ring (bicyclic) bond motifs is 1. The molecule has 26 heavy (non-hydrogen) atoms. The summed E-state index contributed by atoms with van der Waals surface area (Å²) in [6, 6.07) is 13.9. The minimum atomic E-state index is -2.85. The van der Waals surface area contributed by atoms with Gasteiger partial charge in [0, 0.05) is 13.1 Å². The first-order valence-electron chi connectivity index (χ1n) is 7.84. The third-order valence-electron chi connectivity index (χ3n) is 3.61. The lowest BCUT2D eigenvalue weighted by atomic mass is 10.2. The molecule has 134 valence electrons. The Morgan fingerprint density at radius 2 is 1.96 bits per heavy atom. The Balaban J connectivity index is 1.60. The summed E-state index contributed by atoms with van der Waals surface area (Å²) in [6.07, 6.45) is 3.07. The van der Waals surface area contributed by atoms with Gasteiger partial charge in [0.25, 0.3) is 0 Å². The zero-order chi connectivity index (χ0) is 18.5. The van der Waals surface area contributed by atoms with Crippen LogP contribution < -0.4 is 4.74 Å². The number of para-hydroxylation sites is 1. The summed E-state index contributed by atoms with van der Waals surface area (Å²) in [7, 11) is 1.71. The number of halogens is 2. The van der Waals surface area contributed by atoms with Crippen LogP contribution in [-0.2, 0) is 11.3 Å². The van der Waals surface area contributed by atoms with Crippen LogP contribution in [0, 0.1) is 0 Å². The Kier molecular flexibility index (Phi) is 5.58. The van der Waals surface area contributed by atoms with Gasteiger partial charge in [0.05, 0.1) is 16.8 Å². The number of carbonyl (C=O) groups is 1. The molecule has 0 saturated heterocycles. The number of amides is 1. The number of rotatable bonds is 6. The van der Waals surface area contributed by atoms with E-state index in [-0.39, 0.29) is 11.7 Å². The van der Waals surface area contributed by atoms with Crippen LogP contribution in [0.3, 0.4) is 0 Å². The fourth-order valence-electron chi connectivity index (χ4n) is 2.32. The van der Waals surface area contributed by atoms with E-state index in [4.69, 9.17) is 0 Å². The van der Waals surface area contributed by atoms with E-state index in [1.165, 1.54) is 18.2 Å². The molecule has 0 unspecified atom stereocenters. The maximum atomic E-state index is 12.2. The molecule has 0 aliphatic carbocycles. The number of carbonyl (C=O) groups excluding carboxylic acids is 1. The summed E-state index contributed by atoms with van der Waals surface area (Å²) < 4.78 is 29.6. The molecule has 1 aromatic heterocycles. The number of likely N-dealkylation sites (N-methyl/N-ethyl adjacent to an activating group) is 1. The van der Waals surface area contributed by atoms with Crippen molar-refractivity contribution in [3.8, 4) is 5.75 Å². The Hall–Kier alpha value is -2.80. The molecule has 0 spiro atoms. The van der Waals surface area contributed by atoms with Gasteiger partial charge in [-0.25, -0.2) is 4.98 Å². The average molecular weight is 374 g/mol. The van der Waals surface area contributed by atoms with E-state index >= 15 is 0 Å². The maximum absolute atomic E-state index is 12.2.